The Morgan fingerprint density at radius 2 is 2.20 bits per heavy atom. The fourth-order valence-electron chi connectivity index (χ4n) is 2.83. The largest absolute Gasteiger partial charge is 0.384 e. The number of amides is 1. The molecule has 1 amide bonds. The Balaban J connectivity index is 1.98. The minimum absolute atomic E-state index is 0.121. The molecular weight excluding hydrogens is 270 g/mol. The van der Waals surface area contributed by atoms with Gasteiger partial charge in [-0.15, -0.1) is 11.3 Å². The highest BCUT2D eigenvalue weighted by atomic mass is 32.1. The first-order valence-corrected chi connectivity index (χ1v) is 7.86. The van der Waals surface area contributed by atoms with Gasteiger partial charge in [0, 0.05) is 19.0 Å². The minimum atomic E-state index is -0.162. The fraction of sp³-hybridized carbons (Fsp3) is 0.562. The molecule has 1 fully saturated rings. The molecule has 1 aliphatic carbocycles. The molecular formula is C16H21NO2S. The molecule has 1 saturated carbocycles. The lowest BCUT2D eigenvalue weighted by Crippen LogP contribution is -2.38. The van der Waals surface area contributed by atoms with Gasteiger partial charge in [0.2, 0.25) is 5.91 Å². The van der Waals surface area contributed by atoms with Crippen LogP contribution in [0.25, 0.3) is 0 Å². The summed E-state index contributed by atoms with van der Waals surface area (Å²) in [6, 6.07) is 1.99. The molecule has 1 heterocycles. The molecule has 0 aliphatic heterocycles. The predicted molar refractivity (Wildman–Crippen MR) is 81.3 cm³/mol. The highest BCUT2D eigenvalue weighted by Gasteiger charge is 2.37. The van der Waals surface area contributed by atoms with Crippen LogP contribution >= 0.6 is 11.3 Å². The van der Waals surface area contributed by atoms with Gasteiger partial charge in [0.1, 0.15) is 6.61 Å². The second-order valence-corrected chi connectivity index (χ2v) is 6.62. The lowest BCUT2D eigenvalue weighted by Gasteiger charge is -2.28. The maximum atomic E-state index is 12.5. The standard InChI is InChI=1S/C16H21NO2S/c1-16(7-3-4-8-16)15(19)17(2)11-13-10-14(20-12-13)6-5-9-18/h10,12,18H,3-4,7-9,11H2,1-2H3. The average molecular weight is 291 g/mol. The van der Waals surface area contributed by atoms with Crippen molar-refractivity contribution in [1.82, 2.24) is 4.90 Å². The molecule has 0 aromatic carbocycles. The third-order valence-corrected chi connectivity index (χ3v) is 4.83. The Labute approximate surface area is 124 Å². The number of nitrogens with zero attached hydrogens (tertiary/aromatic N) is 1. The Hall–Kier alpha value is -1.31. The van der Waals surface area contributed by atoms with Crippen molar-refractivity contribution in [3.05, 3.63) is 21.9 Å². The van der Waals surface area contributed by atoms with E-state index in [9.17, 15) is 4.79 Å². The molecule has 1 N–H and O–H groups in total. The summed E-state index contributed by atoms with van der Waals surface area (Å²) in [7, 11) is 1.88. The molecule has 0 radical (unpaired) electrons. The zero-order valence-electron chi connectivity index (χ0n) is 12.1. The number of carbonyl (C=O) groups excluding carboxylic acids is 1. The summed E-state index contributed by atoms with van der Waals surface area (Å²) in [5, 5.41) is 10.7. The van der Waals surface area contributed by atoms with Crippen molar-refractivity contribution in [3.8, 4) is 11.8 Å². The summed E-state index contributed by atoms with van der Waals surface area (Å²) in [6.07, 6.45) is 4.34. The van der Waals surface area contributed by atoms with Gasteiger partial charge in [0.15, 0.2) is 0 Å². The molecule has 0 spiro atoms. The lowest BCUT2D eigenvalue weighted by molar-refractivity contribution is -0.140. The van der Waals surface area contributed by atoms with Crippen LogP contribution in [-0.4, -0.2) is 29.6 Å². The lowest BCUT2D eigenvalue weighted by atomic mass is 9.87. The van der Waals surface area contributed by atoms with Crippen LogP contribution in [0.3, 0.4) is 0 Å². The van der Waals surface area contributed by atoms with Gasteiger partial charge in [-0.25, -0.2) is 0 Å². The topological polar surface area (TPSA) is 40.5 Å². The normalized spacial score (nSPS) is 16.6. The first-order valence-electron chi connectivity index (χ1n) is 6.98. The second kappa shape index (κ2) is 6.43. The van der Waals surface area contributed by atoms with E-state index in [-0.39, 0.29) is 17.9 Å². The van der Waals surface area contributed by atoms with Gasteiger partial charge in [-0.3, -0.25) is 4.79 Å². The van der Waals surface area contributed by atoms with Gasteiger partial charge in [-0.2, -0.15) is 0 Å². The third kappa shape index (κ3) is 3.41. The number of aliphatic hydroxyl groups is 1. The molecule has 1 aromatic heterocycles. The Morgan fingerprint density at radius 3 is 2.85 bits per heavy atom. The molecule has 20 heavy (non-hydrogen) atoms. The number of hydrogen-bond donors (Lipinski definition) is 1. The number of carbonyl (C=O) groups is 1. The Kier molecular flexibility index (Phi) is 4.85. The highest BCUT2D eigenvalue weighted by molar-refractivity contribution is 7.10. The van der Waals surface area contributed by atoms with Gasteiger partial charge in [0.05, 0.1) is 4.88 Å². The van der Waals surface area contributed by atoms with Crippen LogP contribution in [0.4, 0.5) is 0 Å². The zero-order valence-corrected chi connectivity index (χ0v) is 12.9. The van der Waals surface area contributed by atoms with E-state index in [1.165, 1.54) is 0 Å². The maximum absolute atomic E-state index is 12.5. The SMILES string of the molecule is CN(Cc1csc(C#CCO)c1)C(=O)C1(C)CCCC1. The van der Waals surface area contributed by atoms with Crippen molar-refractivity contribution in [2.45, 2.75) is 39.2 Å². The maximum Gasteiger partial charge on any atom is 0.228 e. The monoisotopic (exact) mass is 291 g/mol. The van der Waals surface area contributed by atoms with E-state index < -0.39 is 0 Å². The van der Waals surface area contributed by atoms with Crippen LogP contribution in [0.5, 0.6) is 0 Å². The first kappa shape index (κ1) is 15.1. The third-order valence-electron chi connectivity index (χ3n) is 3.93. The second-order valence-electron chi connectivity index (χ2n) is 5.71. The number of hydrogen-bond acceptors (Lipinski definition) is 3. The summed E-state index contributed by atoms with van der Waals surface area (Å²) < 4.78 is 0. The van der Waals surface area contributed by atoms with Crippen molar-refractivity contribution in [1.29, 1.82) is 0 Å². The van der Waals surface area contributed by atoms with Crippen molar-refractivity contribution >= 4 is 17.2 Å². The van der Waals surface area contributed by atoms with Crippen LogP contribution in [0.15, 0.2) is 11.4 Å². The van der Waals surface area contributed by atoms with Gasteiger partial charge >= 0.3 is 0 Å². The molecule has 3 nitrogen and oxygen atoms in total. The van der Waals surface area contributed by atoms with Crippen LogP contribution in [0.1, 0.15) is 43.0 Å². The molecule has 0 bridgehead atoms. The minimum Gasteiger partial charge on any atom is -0.384 e. The average Bonchev–Trinajstić information content (AvgIpc) is 3.05. The van der Waals surface area contributed by atoms with Gasteiger partial charge in [-0.05, 0) is 29.9 Å². The number of aliphatic hydroxyl groups excluding tert-OH is 1. The van der Waals surface area contributed by atoms with E-state index in [2.05, 4.69) is 18.8 Å². The van der Waals surface area contributed by atoms with Crippen LogP contribution < -0.4 is 0 Å². The van der Waals surface area contributed by atoms with E-state index in [1.807, 2.05) is 23.4 Å². The zero-order chi connectivity index (χ0) is 14.6. The number of thiophene rings is 1. The van der Waals surface area contributed by atoms with E-state index in [4.69, 9.17) is 5.11 Å². The van der Waals surface area contributed by atoms with E-state index in [0.29, 0.717) is 6.54 Å². The van der Waals surface area contributed by atoms with Crippen molar-refractivity contribution in [2.24, 2.45) is 5.41 Å². The summed E-state index contributed by atoms with van der Waals surface area (Å²) in [5.74, 6) is 5.79. The summed E-state index contributed by atoms with van der Waals surface area (Å²) in [6.45, 7) is 2.60. The molecule has 2 rings (SSSR count). The van der Waals surface area contributed by atoms with E-state index >= 15 is 0 Å². The van der Waals surface area contributed by atoms with Gasteiger partial charge in [-0.1, -0.05) is 31.6 Å². The molecule has 1 aliphatic rings. The molecule has 108 valence electrons. The van der Waals surface area contributed by atoms with Crippen LogP contribution in [0.2, 0.25) is 0 Å². The van der Waals surface area contributed by atoms with Crippen molar-refractivity contribution in [2.75, 3.05) is 13.7 Å². The Morgan fingerprint density at radius 1 is 1.50 bits per heavy atom. The molecule has 1 aromatic rings. The summed E-state index contributed by atoms with van der Waals surface area (Å²) >= 11 is 1.55. The summed E-state index contributed by atoms with van der Waals surface area (Å²) in [4.78, 5) is 15.3. The smallest absolute Gasteiger partial charge is 0.228 e. The van der Waals surface area contributed by atoms with E-state index in [0.717, 1.165) is 36.1 Å². The van der Waals surface area contributed by atoms with Crippen LogP contribution in [0, 0.1) is 17.3 Å². The van der Waals surface area contributed by atoms with Crippen molar-refractivity contribution < 1.29 is 9.90 Å². The molecule has 0 atom stereocenters. The summed E-state index contributed by atoms with van der Waals surface area (Å²) in [5.41, 5.74) is 0.944. The van der Waals surface area contributed by atoms with E-state index in [1.54, 1.807) is 11.3 Å². The van der Waals surface area contributed by atoms with Crippen LogP contribution in [-0.2, 0) is 11.3 Å². The van der Waals surface area contributed by atoms with Gasteiger partial charge in [0.25, 0.3) is 0 Å². The molecule has 0 saturated heterocycles. The van der Waals surface area contributed by atoms with Crippen molar-refractivity contribution in [3.63, 3.8) is 0 Å². The highest BCUT2D eigenvalue weighted by Crippen LogP contribution is 2.39. The quantitative estimate of drug-likeness (QED) is 0.870. The predicted octanol–water partition coefficient (Wildman–Crippen LogP) is 2.63. The Bertz CT molecular complexity index is 532. The fourth-order valence-corrected chi connectivity index (χ4v) is 3.60. The number of rotatable bonds is 3. The first-order chi connectivity index (χ1) is 9.55. The van der Waals surface area contributed by atoms with Gasteiger partial charge < -0.3 is 10.0 Å². The molecule has 0 unspecified atom stereocenters. The molecule has 4 heteroatoms.